The van der Waals surface area contributed by atoms with Crippen molar-refractivity contribution in [3.8, 4) is 5.69 Å². The van der Waals surface area contributed by atoms with Crippen LogP contribution in [0.5, 0.6) is 0 Å². The highest BCUT2D eigenvalue weighted by molar-refractivity contribution is 7.99. The number of rotatable bonds is 5. The van der Waals surface area contributed by atoms with Crippen LogP contribution in [0.25, 0.3) is 5.69 Å². The van der Waals surface area contributed by atoms with Crippen LogP contribution in [-0.4, -0.2) is 70.7 Å². The minimum atomic E-state index is 0.188. The van der Waals surface area contributed by atoms with E-state index in [1.54, 1.807) is 0 Å². The predicted octanol–water partition coefficient (Wildman–Crippen LogP) is 2.76. The molecule has 0 bridgehead atoms. The highest BCUT2D eigenvalue weighted by Gasteiger charge is 2.24. The third kappa shape index (κ3) is 4.75. The fraction of sp³-hybridized carbons (Fsp3) is 0.571. The van der Waals surface area contributed by atoms with Gasteiger partial charge in [0, 0.05) is 26.2 Å². The molecule has 3 heterocycles. The van der Waals surface area contributed by atoms with E-state index in [9.17, 15) is 4.79 Å². The number of hydrogen-bond acceptors (Lipinski definition) is 6. The second-order valence-electron chi connectivity index (χ2n) is 7.93. The van der Waals surface area contributed by atoms with Gasteiger partial charge in [-0.25, -0.2) is 0 Å². The average molecular weight is 416 g/mol. The average Bonchev–Trinajstić information content (AvgIpc) is 3.16. The molecule has 1 amide bonds. The van der Waals surface area contributed by atoms with Gasteiger partial charge in [-0.3, -0.25) is 9.36 Å². The number of thioether (sulfide) groups is 1. The predicted molar refractivity (Wildman–Crippen MR) is 115 cm³/mol. The van der Waals surface area contributed by atoms with Crippen molar-refractivity contribution in [2.45, 2.75) is 31.8 Å². The number of amides is 1. The lowest BCUT2D eigenvalue weighted by molar-refractivity contribution is -0.130. The molecule has 0 saturated carbocycles. The first kappa shape index (κ1) is 20.2. The normalized spacial score (nSPS) is 20.1. The molecule has 1 unspecified atom stereocenters. The lowest BCUT2D eigenvalue weighted by atomic mass is 10.0. The van der Waals surface area contributed by atoms with Gasteiger partial charge in [-0.2, -0.15) is 0 Å². The molecular formula is C21H29N5O2S. The number of ether oxygens (including phenoxy) is 1. The summed E-state index contributed by atoms with van der Waals surface area (Å²) in [4.78, 5) is 17.0. The number of piperidine rings is 1. The number of carbonyl (C=O) groups excluding carboxylic acids is 1. The first-order valence-electron chi connectivity index (χ1n) is 10.4. The first-order chi connectivity index (χ1) is 14.1. The number of nitrogens with zero attached hydrogens (tertiary/aromatic N) is 5. The van der Waals surface area contributed by atoms with Gasteiger partial charge in [0.05, 0.1) is 24.7 Å². The molecule has 7 nitrogen and oxygen atoms in total. The van der Waals surface area contributed by atoms with E-state index in [0.29, 0.717) is 24.9 Å². The fourth-order valence-electron chi connectivity index (χ4n) is 3.95. The molecule has 156 valence electrons. The lowest BCUT2D eigenvalue weighted by Crippen LogP contribution is -2.40. The van der Waals surface area contributed by atoms with Gasteiger partial charge in [0.1, 0.15) is 0 Å². The molecule has 2 fully saturated rings. The van der Waals surface area contributed by atoms with Gasteiger partial charge in [-0.05, 0) is 43.4 Å². The van der Waals surface area contributed by atoms with Crippen molar-refractivity contribution in [1.29, 1.82) is 0 Å². The summed E-state index contributed by atoms with van der Waals surface area (Å²) in [5.41, 5.74) is 2.21. The number of aryl methyl sites for hydroxylation is 1. The van der Waals surface area contributed by atoms with E-state index < -0.39 is 0 Å². The molecule has 0 N–H and O–H groups in total. The minimum Gasteiger partial charge on any atom is -0.378 e. The van der Waals surface area contributed by atoms with Crippen LogP contribution >= 0.6 is 11.8 Å². The lowest BCUT2D eigenvalue weighted by Gasteiger charge is -2.31. The first-order valence-corrected chi connectivity index (χ1v) is 11.4. The second kappa shape index (κ2) is 9.17. The third-order valence-corrected chi connectivity index (χ3v) is 6.42. The van der Waals surface area contributed by atoms with E-state index >= 15 is 0 Å². The van der Waals surface area contributed by atoms with E-state index in [1.165, 1.54) is 23.7 Å². The van der Waals surface area contributed by atoms with Gasteiger partial charge < -0.3 is 14.5 Å². The zero-order valence-corrected chi connectivity index (χ0v) is 18.0. The molecule has 4 rings (SSSR count). The number of morpholine rings is 1. The maximum Gasteiger partial charge on any atom is 0.233 e. The molecule has 0 spiro atoms. The van der Waals surface area contributed by atoms with Crippen LogP contribution in [0.2, 0.25) is 0 Å². The molecule has 29 heavy (non-hydrogen) atoms. The summed E-state index contributed by atoms with van der Waals surface area (Å²) in [5, 5.41) is 9.70. The van der Waals surface area contributed by atoms with Gasteiger partial charge in [0.15, 0.2) is 5.16 Å². The van der Waals surface area contributed by atoms with Gasteiger partial charge in [-0.1, -0.05) is 30.8 Å². The SMILES string of the molecule is Cc1cccc(-n2c(SCC(=O)N3CCCC(C)C3)nnc2N2CCOCC2)c1. The summed E-state index contributed by atoms with van der Waals surface area (Å²) in [6, 6.07) is 8.32. The maximum absolute atomic E-state index is 12.7. The Hall–Kier alpha value is -2.06. The highest BCUT2D eigenvalue weighted by Crippen LogP contribution is 2.28. The smallest absolute Gasteiger partial charge is 0.233 e. The van der Waals surface area contributed by atoms with Crippen molar-refractivity contribution in [3.63, 3.8) is 0 Å². The quantitative estimate of drug-likeness (QED) is 0.700. The molecule has 0 aliphatic carbocycles. The molecule has 2 aliphatic heterocycles. The Balaban J connectivity index is 1.56. The zero-order valence-electron chi connectivity index (χ0n) is 17.2. The number of likely N-dealkylation sites (tertiary alicyclic amines) is 1. The van der Waals surface area contributed by atoms with Crippen LogP contribution in [0, 0.1) is 12.8 Å². The largest absolute Gasteiger partial charge is 0.378 e. The summed E-state index contributed by atoms with van der Waals surface area (Å²) < 4.78 is 7.57. The van der Waals surface area contributed by atoms with Crippen LogP contribution in [0.1, 0.15) is 25.3 Å². The standard InChI is InChI=1S/C21H29N5O2S/c1-16-5-3-7-18(13-16)26-20(24-9-11-28-12-10-24)22-23-21(26)29-15-19(27)25-8-4-6-17(2)14-25/h3,5,7,13,17H,4,6,8-12,14-15H2,1-2H3. The molecule has 1 aromatic heterocycles. The maximum atomic E-state index is 12.7. The van der Waals surface area contributed by atoms with Crippen molar-refractivity contribution in [2.24, 2.45) is 5.92 Å². The van der Waals surface area contributed by atoms with E-state index in [0.717, 1.165) is 49.4 Å². The number of benzene rings is 1. The van der Waals surface area contributed by atoms with Gasteiger partial charge in [0.2, 0.25) is 11.9 Å². The molecule has 0 radical (unpaired) electrons. The van der Waals surface area contributed by atoms with Crippen molar-refractivity contribution in [1.82, 2.24) is 19.7 Å². The van der Waals surface area contributed by atoms with Crippen molar-refractivity contribution >= 4 is 23.6 Å². The van der Waals surface area contributed by atoms with Crippen molar-refractivity contribution in [2.75, 3.05) is 50.0 Å². The Labute approximate surface area is 176 Å². The Morgan fingerprint density at radius 2 is 2.07 bits per heavy atom. The van der Waals surface area contributed by atoms with Crippen molar-refractivity contribution < 1.29 is 9.53 Å². The van der Waals surface area contributed by atoms with E-state index in [4.69, 9.17) is 4.74 Å². The molecule has 8 heteroatoms. The molecule has 1 aromatic carbocycles. The number of aromatic nitrogens is 3. The number of anilines is 1. The van der Waals surface area contributed by atoms with E-state index in [-0.39, 0.29) is 5.91 Å². The number of hydrogen-bond donors (Lipinski definition) is 0. The molecular weight excluding hydrogens is 386 g/mol. The summed E-state index contributed by atoms with van der Waals surface area (Å²) in [5.74, 6) is 1.98. The summed E-state index contributed by atoms with van der Waals surface area (Å²) in [7, 11) is 0. The van der Waals surface area contributed by atoms with Crippen LogP contribution in [0.4, 0.5) is 5.95 Å². The van der Waals surface area contributed by atoms with E-state index in [2.05, 4.69) is 51.7 Å². The van der Waals surface area contributed by atoms with Crippen LogP contribution in [0.3, 0.4) is 0 Å². The van der Waals surface area contributed by atoms with Crippen LogP contribution in [0.15, 0.2) is 29.4 Å². The summed E-state index contributed by atoms with van der Waals surface area (Å²) >= 11 is 1.48. The van der Waals surface area contributed by atoms with Gasteiger partial charge in [-0.15, -0.1) is 10.2 Å². The van der Waals surface area contributed by atoms with Crippen LogP contribution in [-0.2, 0) is 9.53 Å². The zero-order chi connectivity index (χ0) is 20.2. The van der Waals surface area contributed by atoms with Gasteiger partial charge >= 0.3 is 0 Å². The minimum absolute atomic E-state index is 0.188. The topological polar surface area (TPSA) is 63.5 Å². The molecule has 1 atom stereocenters. The Morgan fingerprint density at radius 1 is 1.24 bits per heavy atom. The highest BCUT2D eigenvalue weighted by atomic mass is 32.2. The van der Waals surface area contributed by atoms with Gasteiger partial charge in [0.25, 0.3) is 0 Å². The summed E-state index contributed by atoms with van der Waals surface area (Å²) in [6.45, 7) is 8.99. The number of carbonyl (C=O) groups is 1. The van der Waals surface area contributed by atoms with Crippen LogP contribution < -0.4 is 4.90 Å². The molecule has 2 saturated heterocycles. The summed E-state index contributed by atoms with van der Waals surface area (Å²) in [6.07, 6.45) is 2.31. The Morgan fingerprint density at radius 3 is 2.83 bits per heavy atom. The fourth-order valence-corrected chi connectivity index (χ4v) is 4.80. The van der Waals surface area contributed by atoms with Crippen molar-refractivity contribution in [3.05, 3.63) is 29.8 Å². The molecule has 2 aromatic rings. The Bertz CT molecular complexity index is 849. The Kier molecular flexibility index (Phi) is 6.40. The second-order valence-corrected chi connectivity index (χ2v) is 8.87. The molecule has 2 aliphatic rings. The monoisotopic (exact) mass is 415 g/mol. The van der Waals surface area contributed by atoms with E-state index in [1.807, 2.05) is 11.0 Å². The third-order valence-electron chi connectivity index (χ3n) is 5.50.